The van der Waals surface area contributed by atoms with E-state index in [4.69, 9.17) is 4.42 Å². The predicted molar refractivity (Wildman–Crippen MR) is 83.1 cm³/mol. The van der Waals surface area contributed by atoms with Gasteiger partial charge in [0, 0.05) is 6.07 Å². The molecule has 1 unspecified atom stereocenters. The van der Waals surface area contributed by atoms with Gasteiger partial charge in [-0.15, -0.1) is 0 Å². The molecule has 1 aromatic carbocycles. The zero-order chi connectivity index (χ0) is 19.8. The van der Waals surface area contributed by atoms with Crippen molar-refractivity contribution in [3.63, 3.8) is 0 Å². The lowest BCUT2D eigenvalue weighted by atomic mass is 10.0. The lowest BCUT2D eigenvalue weighted by Crippen LogP contribution is -2.30. The van der Waals surface area contributed by atoms with Crippen LogP contribution in [0.15, 0.2) is 45.9 Å². The number of nitro groups is 1. The van der Waals surface area contributed by atoms with Gasteiger partial charge in [0.15, 0.2) is 0 Å². The van der Waals surface area contributed by atoms with Crippen LogP contribution in [0.5, 0.6) is 0 Å². The highest BCUT2D eigenvalue weighted by Crippen LogP contribution is 2.35. The van der Waals surface area contributed by atoms with Crippen molar-refractivity contribution in [2.45, 2.75) is 22.9 Å². The second kappa shape index (κ2) is 6.61. The Kier molecular flexibility index (Phi) is 5.01. The Bertz CT molecular complexity index is 907. The van der Waals surface area contributed by atoms with Gasteiger partial charge in [0.05, 0.1) is 22.6 Å². The Morgan fingerprint density at radius 3 is 2.46 bits per heavy atom. The number of rotatable bonds is 6. The first kappa shape index (κ1) is 19.7. The van der Waals surface area contributed by atoms with E-state index in [2.05, 4.69) is 5.32 Å². The van der Waals surface area contributed by atoms with Crippen LogP contribution in [0.2, 0.25) is 0 Å². The van der Waals surface area contributed by atoms with Gasteiger partial charge in [-0.25, -0.2) is 8.42 Å². The molecule has 12 heteroatoms. The summed E-state index contributed by atoms with van der Waals surface area (Å²) < 4.78 is 65.6. The average molecular weight is 394 g/mol. The van der Waals surface area contributed by atoms with E-state index < -0.39 is 36.5 Å². The molecule has 0 bridgehead atoms. The molecule has 0 spiro atoms. The molecule has 2 rings (SSSR count). The lowest BCUT2D eigenvalue weighted by molar-refractivity contribution is -0.384. The fourth-order valence-electron chi connectivity index (χ4n) is 2.05. The van der Waals surface area contributed by atoms with Crippen LogP contribution >= 0.6 is 0 Å². The fourth-order valence-corrected chi connectivity index (χ4v) is 2.83. The third-order valence-electron chi connectivity index (χ3n) is 3.46. The normalized spacial score (nSPS) is 14.7. The number of aliphatic hydroxyl groups is 1. The molecule has 1 heterocycles. The lowest BCUT2D eigenvalue weighted by Gasteiger charge is -2.21. The number of anilines is 1. The van der Waals surface area contributed by atoms with Gasteiger partial charge in [-0.3, -0.25) is 10.1 Å². The number of hydrogen-bond acceptors (Lipinski definition) is 7. The number of sulfone groups is 1. The summed E-state index contributed by atoms with van der Waals surface area (Å²) in [5, 5.41) is 23.9. The molecule has 0 amide bonds. The van der Waals surface area contributed by atoms with Gasteiger partial charge in [-0.1, -0.05) is 0 Å². The summed E-state index contributed by atoms with van der Waals surface area (Å²) in [6, 6.07) is 4.72. The van der Waals surface area contributed by atoms with Crippen LogP contribution < -0.4 is 5.32 Å². The number of nitrogens with zero attached hydrogens (tertiary/aromatic N) is 1. The molecule has 1 atom stereocenters. The molecule has 0 saturated carbocycles. The maximum atomic E-state index is 12.6. The van der Waals surface area contributed by atoms with Crippen molar-refractivity contribution in [3.8, 4) is 0 Å². The third kappa shape index (κ3) is 3.80. The van der Waals surface area contributed by atoms with Gasteiger partial charge in [0.1, 0.15) is 17.0 Å². The van der Waals surface area contributed by atoms with Crippen molar-refractivity contribution in [1.29, 1.82) is 0 Å². The van der Waals surface area contributed by atoms with Crippen molar-refractivity contribution < 1.29 is 36.0 Å². The standard InChI is InChI=1S/C14H13F3N2O6S/c1-13(20,12-3-2-6-25-12)8-18-10-5-4-9(7-11(10)19(21)22)26(23,24)14(15,16)17/h2-7,18,20H,8H2,1H3. The molecule has 0 aliphatic heterocycles. The molecule has 26 heavy (non-hydrogen) atoms. The summed E-state index contributed by atoms with van der Waals surface area (Å²) in [5.41, 5.74) is -8.30. The molecule has 0 radical (unpaired) electrons. The minimum Gasteiger partial charge on any atom is -0.466 e. The van der Waals surface area contributed by atoms with Gasteiger partial charge in [0.2, 0.25) is 0 Å². The first-order chi connectivity index (χ1) is 11.9. The largest absolute Gasteiger partial charge is 0.501 e. The Morgan fingerprint density at radius 2 is 1.96 bits per heavy atom. The highest BCUT2D eigenvalue weighted by atomic mass is 32.2. The predicted octanol–water partition coefficient (Wildman–Crippen LogP) is 2.80. The fraction of sp³-hybridized carbons (Fsp3) is 0.286. The number of nitrogens with one attached hydrogen (secondary N) is 1. The maximum Gasteiger partial charge on any atom is 0.501 e. The molecule has 142 valence electrons. The van der Waals surface area contributed by atoms with Gasteiger partial charge in [0.25, 0.3) is 15.5 Å². The quantitative estimate of drug-likeness (QED) is 0.570. The Morgan fingerprint density at radius 1 is 1.31 bits per heavy atom. The van der Waals surface area contributed by atoms with E-state index in [0.717, 1.165) is 6.07 Å². The van der Waals surface area contributed by atoms with Crippen LogP contribution in [-0.4, -0.2) is 30.5 Å². The average Bonchev–Trinajstić information content (AvgIpc) is 3.07. The van der Waals surface area contributed by atoms with Crippen LogP contribution in [0.1, 0.15) is 12.7 Å². The topological polar surface area (TPSA) is 123 Å². The van der Waals surface area contributed by atoms with Crippen LogP contribution in [-0.2, 0) is 15.4 Å². The van der Waals surface area contributed by atoms with E-state index in [-0.39, 0.29) is 18.0 Å². The number of nitro benzene ring substituents is 1. The van der Waals surface area contributed by atoms with Crippen molar-refractivity contribution in [2.75, 3.05) is 11.9 Å². The molecule has 1 aromatic heterocycles. The van der Waals surface area contributed by atoms with Crippen molar-refractivity contribution >= 4 is 21.2 Å². The first-order valence-electron chi connectivity index (χ1n) is 6.96. The zero-order valence-electron chi connectivity index (χ0n) is 13.1. The second-order valence-electron chi connectivity index (χ2n) is 5.49. The molecule has 2 N–H and O–H groups in total. The Labute approximate surface area is 145 Å². The number of benzene rings is 1. The summed E-state index contributed by atoms with van der Waals surface area (Å²) >= 11 is 0. The Balaban J connectivity index is 2.35. The van der Waals surface area contributed by atoms with Crippen molar-refractivity contribution in [2.24, 2.45) is 0 Å². The van der Waals surface area contributed by atoms with Crippen LogP contribution in [0.25, 0.3) is 0 Å². The Hall–Kier alpha value is -2.60. The van der Waals surface area contributed by atoms with Crippen LogP contribution in [0, 0.1) is 10.1 Å². The third-order valence-corrected chi connectivity index (χ3v) is 4.94. The minimum atomic E-state index is -5.72. The van der Waals surface area contributed by atoms with Gasteiger partial charge < -0.3 is 14.8 Å². The van der Waals surface area contributed by atoms with E-state index in [1.807, 2.05) is 0 Å². The summed E-state index contributed by atoms with van der Waals surface area (Å²) in [5.74, 6) is 0.156. The van der Waals surface area contributed by atoms with Crippen molar-refractivity contribution in [3.05, 3.63) is 52.5 Å². The van der Waals surface area contributed by atoms with Gasteiger partial charge >= 0.3 is 5.51 Å². The van der Waals surface area contributed by atoms with E-state index in [9.17, 15) is 36.8 Å². The number of alkyl halides is 3. The summed E-state index contributed by atoms with van der Waals surface area (Å²) in [7, 11) is -5.72. The molecular formula is C14H13F3N2O6S. The first-order valence-corrected chi connectivity index (χ1v) is 8.44. The smallest absolute Gasteiger partial charge is 0.466 e. The van der Waals surface area contributed by atoms with Gasteiger partial charge in [-0.05, 0) is 31.2 Å². The number of hydrogen-bond donors (Lipinski definition) is 2. The van der Waals surface area contributed by atoms with Gasteiger partial charge in [-0.2, -0.15) is 13.2 Å². The van der Waals surface area contributed by atoms with Crippen LogP contribution in [0.3, 0.4) is 0 Å². The molecular weight excluding hydrogens is 381 g/mol. The second-order valence-corrected chi connectivity index (χ2v) is 7.43. The summed E-state index contributed by atoms with van der Waals surface area (Å²) in [6.07, 6.45) is 1.31. The van der Waals surface area contributed by atoms with Crippen LogP contribution in [0.4, 0.5) is 24.5 Å². The SMILES string of the molecule is CC(O)(CNc1ccc(S(=O)(=O)C(F)(F)F)cc1[N+](=O)[O-])c1ccco1. The molecule has 0 aliphatic rings. The highest BCUT2D eigenvalue weighted by molar-refractivity contribution is 7.92. The monoisotopic (exact) mass is 394 g/mol. The van der Waals surface area contributed by atoms with E-state index in [1.54, 1.807) is 0 Å². The van der Waals surface area contributed by atoms with E-state index in [0.29, 0.717) is 12.1 Å². The highest BCUT2D eigenvalue weighted by Gasteiger charge is 2.47. The maximum absolute atomic E-state index is 12.6. The summed E-state index contributed by atoms with van der Waals surface area (Å²) in [4.78, 5) is 8.83. The summed E-state index contributed by atoms with van der Waals surface area (Å²) in [6.45, 7) is 1.07. The molecule has 8 nitrogen and oxygen atoms in total. The van der Waals surface area contributed by atoms with E-state index >= 15 is 0 Å². The van der Waals surface area contributed by atoms with E-state index in [1.165, 1.54) is 25.3 Å². The number of halogens is 3. The minimum absolute atomic E-state index is 0.156. The van der Waals surface area contributed by atoms with Crippen molar-refractivity contribution in [1.82, 2.24) is 0 Å². The molecule has 0 fully saturated rings. The number of furan rings is 1. The molecule has 0 saturated heterocycles. The molecule has 2 aromatic rings. The molecule has 0 aliphatic carbocycles. The zero-order valence-corrected chi connectivity index (χ0v) is 14.0.